The molecule has 20 heavy (non-hydrogen) atoms. The molecule has 0 radical (unpaired) electrons. The van der Waals surface area contributed by atoms with Gasteiger partial charge in [-0.2, -0.15) is 0 Å². The first-order valence-electron chi connectivity index (χ1n) is 7.04. The lowest BCUT2D eigenvalue weighted by Crippen LogP contribution is -2.10. The summed E-state index contributed by atoms with van der Waals surface area (Å²) in [5.74, 6) is 0. The van der Waals surface area contributed by atoms with E-state index >= 15 is 0 Å². The van der Waals surface area contributed by atoms with Crippen LogP contribution in [0.3, 0.4) is 0 Å². The van der Waals surface area contributed by atoms with E-state index in [0.29, 0.717) is 0 Å². The van der Waals surface area contributed by atoms with Crippen molar-refractivity contribution in [3.05, 3.63) is 65.5 Å². The van der Waals surface area contributed by atoms with Gasteiger partial charge in [0.25, 0.3) is 0 Å². The average Bonchev–Trinajstić information content (AvgIpc) is 2.86. The molecule has 1 N–H and O–H groups in total. The largest absolute Gasteiger partial charge is 0.346 e. The zero-order chi connectivity index (χ0) is 14.2. The lowest BCUT2D eigenvalue weighted by molar-refractivity contribution is 0.590. The molecule has 0 unspecified atom stereocenters. The molecule has 2 heteroatoms. The lowest BCUT2D eigenvalue weighted by Gasteiger charge is -2.19. The number of H-pyrrole nitrogens is 1. The van der Waals surface area contributed by atoms with Crippen LogP contribution in [0.1, 0.15) is 37.5 Å². The van der Waals surface area contributed by atoms with Crippen LogP contribution in [-0.2, 0) is 11.8 Å². The molecule has 0 fully saturated rings. The fourth-order valence-electron chi connectivity index (χ4n) is 2.44. The van der Waals surface area contributed by atoms with Crippen molar-refractivity contribution in [1.82, 2.24) is 9.97 Å². The molecular formula is C18H20N2. The number of fused-ring (bicyclic) bond motifs is 1. The summed E-state index contributed by atoms with van der Waals surface area (Å²) in [5, 5.41) is 1.17. The maximum Gasteiger partial charge on any atom is 0.137 e. The third-order valence-corrected chi connectivity index (χ3v) is 3.68. The van der Waals surface area contributed by atoms with Gasteiger partial charge < -0.3 is 4.98 Å². The summed E-state index contributed by atoms with van der Waals surface area (Å²) in [7, 11) is 0. The van der Waals surface area contributed by atoms with Gasteiger partial charge in [0.05, 0.1) is 0 Å². The molecule has 2 heterocycles. The van der Waals surface area contributed by atoms with E-state index in [9.17, 15) is 0 Å². The van der Waals surface area contributed by atoms with Crippen LogP contribution >= 0.6 is 0 Å². The molecule has 102 valence electrons. The Bertz CT molecular complexity index is 715. The first-order valence-corrected chi connectivity index (χ1v) is 7.04. The van der Waals surface area contributed by atoms with Crippen LogP contribution in [-0.4, -0.2) is 9.97 Å². The molecule has 3 rings (SSSR count). The van der Waals surface area contributed by atoms with Gasteiger partial charge in [-0.15, -0.1) is 0 Å². The number of nitrogens with one attached hydrogen (secondary N) is 1. The molecule has 0 aliphatic rings. The number of hydrogen-bond acceptors (Lipinski definition) is 1. The summed E-state index contributed by atoms with van der Waals surface area (Å²) in [5.41, 5.74) is 5.12. The van der Waals surface area contributed by atoms with E-state index in [1.165, 1.54) is 22.1 Å². The average molecular weight is 264 g/mol. The van der Waals surface area contributed by atoms with Gasteiger partial charge >= 0.3 is 0 Å². The first kappa shape index (κ1) is 12.9. The highest BCUT2D eigenvalue weighted by atomic mass is 14.8. The Labute approximate surface area is 119 Å². The predicted molar refractivity (Wildman–Crippen MR) is 84.0 cm³/mol. The van der Waals surface area contributed by atoms with Crippen molar-refractivity contribution in [3.8, 4) is 0 Å². The normalized spacial score (nSPS) is 11.9. The fraction of sp³-hybridized carbons (Fsp3) is 0.278. The molecule has 0 saturated heterocycles. The minimum absolute atomic E-state index is 0.212. The number of hydrogen-bond donors (Lipinski definition) is 1. The van der Waals surface area contributed by atoms with E-state index in [2.05, 4.69) is 67.1 Å². The van der Waals surface area contributed by atoms with Crippen LogP contribution < -0.4 is 0 Å². The van der Waals surface area contributed by atoms with Gasteiger partial charge in [-0.05, 0) is 40.7 Å². The molecule has 2 nitrogen and oxygen atoms in total. The molecule has 3 aromatic rings. The topological polar surface area (TPSA) is 28.7 Å². The molecule has 1 aromatic carbocycles. The van der Waals surface area contributed by atoms with Crippen LogP contribution in [0.4, 0.5) is 0 Å². The highest BCUT2D eigenvalue weighted by molar-refractivity contribution is 5.75. The molecule has 0 aliphatic carbocycles. The highest BCUT2D eigenvalue weighted by Crippen LogP contribution is 2.23. The Morgan fingerprint density at radius 2 is 1.75 bits per heavy atom. The number of benzene rings is 1. The first-order chi connectivity index (χ1) is 9.52. The van der Waals surface area contributed by atoms with Crippen molar-refractivity contribution in [3.63, 3.8) is 0 Å². The van der Waals surface area contributed by atoms with Crippen LogP contribution in [0.15, 0.2) is 48.8 Å². The molecule has 2 aromatic heterocycles. The number of aromatic nitrogens is 2. The Balaban J connectivity index is 1.83. The Kier molecular flexibility index (Phi) is 3.09. The molecule has 0 aliphatic heterocycles. The standard InChI is InChI=1S/C18H20N2/c1-18(2,3)16-6-4-13(5-7-16)10-14-11-15-8-9-19-17(15)20-12-14/h4-9,11-12H,10H2,1-3H3,(H,19,20). The smallest absolute Gasteiger partial charge is 0.137 e. The van der Waals surface area contributed by atoms with Gasteiger partial charge in [0.1, 0.15) is 5.65 Å². The van der Waals surface area contributed by atoms with Gasteiger partial charge in [-0.3, -0.25) is 0 Å². The van der Waals surface area contributed by atoms with Crippen molar-refractivity contribution in [2.24, 2.45) is 0 Å². The lowest BCUT2D eigenvalue weighted by atomic mass is 9.86. The second-order valence-electron chi connectivity index (χ2n) is 6.38. The van der Waals surface area contributed by atoms with E-state index in [-0.39, 0.29) is 5.41 Å². The summed E-state index contributed by atoms with van der Waals surface area (Å²) < 4.78 is 0. The third kappa shape index (κ3) is 2.60. The van der Waals surface area contributed by atoms with Crippen molar-refractivity contribution < 1.29 is 0 Å². The van der Waals surface area contributed by atoms with Gasteiger partial charge in [0.2, 0.25) is 0 Å². The third-order valence-electron chi connectivity index (χ3n) is 3.68. The number of nitrogens with zero attached hydrogens (tertiary/aromatic N) is 1. The second kappa shape index (κ2) is 4.78. The number of rotatable bonds is 2. The van der Waals surface area contributed by atoms with E-state index in [1.807, 2.05) is 12.4 Å². The summed E-state index contributed by atoms with van der Waals surface area (Å²) in [4.78, 5) is 7.56. The zero-order valence-corrected chi connectivity index (χ0v) is 12.3. The van der Waals surface area contributed by atoms with Gasteiger partial charge in [0, 0.05) is 17.8 Å². The Morgan fingerprint density at radius 3 is 2.45 bits per heavy atom. The summed E-state index contributed by atoms with van der Waals surface area (Å²) in [6.07, 6.45) is 4.81. The van der Waals surface area contributed by atoms with Gasteiger partial charge in [-0.1, -0.05) is 45.0 Å². The van der Waals surface area contributed by atoms with E-state index in [4.69, 9.17) is 0 Å². The maximum absolute atomic E-state index is 4.44. The minimum atomic E-state index is 0.212. The zero-order valence-electron chi connectivity index (χ0n) is 12.3. The van der Waals surface area contributed by atoms with Crippen molar-refractivity contribution in [2.75, 3.05) is 0 Å². The molecule has 0 saturated carbocycles. The van der Waals surface area contributed by atoms with Gasteiger partial charge in [-0.25, -0.2) is 4.98 Å². The van der Waals surface area contributed by atoms with Crippen LogP contribution in [0.5, 0.6) is 0 Å². The monoisotopic (exact) mass is 264 g/mol. The summed E-state index contributed by atoms with van der Waals surface area (Å²) in [6.45, 7) is 6.73. The van der Waals surface area contributed by atoms with E-state index in [0.717, 1.165) is 12.1 Å². The van der Waals surface area contributed by atoms with E-state index < -0.39 is 0 Å². The number of aromatic amines is 1. The van der Waals surface area contributed by atoms with E-state index in [1.54, 1.807) is 0 Å². The highest BCUT2D eigenvalue weighted by Gasteiger charge is 2.12. The molecule has 0 atom stereocenters. The molecule has 0 amide bonds. The Morgan fingerprint density at radius 1 is 1.00 bits per heavy atom. The van der Waals surface area contributed by atoms with Crippen molar-refractivity contribution in [2.45, 2.75) is 32.6 Å². The van der Waals surface area contributed by atoms with Crippen LogP contribution in [0, 0.1) is 0 Å². The SMILES string of the molecule is CC(C)(C)c1ccc(Cc2cnc3[nH]ccc3c2)cc1. The van der Waals surface area contributed by atoms with Crippen molar-refractivity contribution in [1.29, 1.82) is 0 Å². The van der Waals surface area contributed by atoms with Gasteiger partial charge in [0.15, 0.2) is 0 Å². The molecular weight excluding hydrogens is 244 g/mol. The Hall–Kier alpha value is -2.09. The maximum atomic E-state index is 4.44. The van der Waals surface area contributed by atoms with Crippen molar-refractivity contribution >= 4 is 11.0 Å². The van der Waals surface area contributed by atoms with Crippen LogP contribution in [0.2, 0.25) is 0 Å². The summed E-state index contributed by atoms with van der Waals surface area (Å²) >= 11 is 0. The van der Waals surface area contributed by atoms with Crippen LogP contribution in [0.25, 0.3) is 11.0 Å². The molecule has 0 spiro atoms. The fourth-order valence-corrected chi connectivity index (χ4v) is 2.44. The minimum Gasteiger partial charge on any atom is -0.346 e. The second-order valence-corrected chi connectivity index (χ2v) is 6.38. The molecule has 0 bridgehead atoms. The summed E-state index contributed by atoms with van der Waals surface area (Å²) in [6, 6.07) is 13.2. The number of pyridine rings is 1. The predicted octanol–water partition coefficient (Wildman–Crippen LogP) is 4.45. The quantitative estimate of drug-likeness (QED) is 0.727.